The minimum atomic E-state index is 0.188. The molecule has 2 radical (unpaired) electrons. The monoisotopic (exact) mass is 384 g/mol. The van der Waals surface area contributed by atoms with Crippen molar-refractivity contribution in [1.29, 1.82) is 0 Å². The first-order chi connectivity index (χ1) is 14.6. The Labute approximate surface area is 181 Å². The molecule has 0 spiro atoms. The summed E-state index contributed by atoms with van der Waals surface area (Å²) in [6.45, 7) is 4.73. The molecule has 0 fully saturated rings. The van der Waals surface area contributed by atoms with Crippen LogP contribution in [0.5, 0.6) is 0 Å². The van der Waals surface area contributed by atoms with Crippen molar-refractivity contribution in [2.75, 3.05) is 0 Å². The lowest BCUT2D eigenvalue weighted by Crippen LogP contribution is -2.56. The highest BCUT2D eigenvalue weighted by Crippen LogP contribution is 2.23. The van der Waals surface area contributed by atoms with Gasteiger partial charge in [0.25, 0.3) is 0 Å². The molecule has 4 aromatic carbocycles. The molecular formula is C28H26B2. The Balaban J connectivity index is 1.87. The van der Waals surface area contributed by atoms with Crippen molar-refractivity contribution in [1.82, 2.24) is 0 Å². The van der Waals surface area contributed by atoms with E-state index in [2.05, 4.69) is 80.6 Å². The lowest BCUT2D eigenvalue weighted by molar-refractivity contribution is 0.688. The third-order valence-electron chi connectivity index (χ3n) is 6.81. The molecule has 2 heteroatoms. The van der Waals surface area contributed by atoms with E-state index >= 15 is 0 Å². The van der Waals surface area contributed by atoms with Crippen molar-refractivity contribution < 1.29 is 0 Å². The average Bonchev–Trinajstić information content (AvgIpc) is 2.77. The third-order valence-corrected chi connectivity index (χ3v) is 6.81. The number of aryl methyl sites for hydroxylation is 3. The van der Waals surface area contributed by atoms with Crippen LogP contribution in [0.3, 0.4) is 0 Å². The van der Waals surface area contributed by atoms with Crippen molar-refractivity contribution >= 4 is 47.2 Å². The fourth-order valence-electron chi connectivity index (χ4n) is 5.38. The second kappa shape index (κ2) is 7.84. The van der Waals surface area contributed by atoms with Crippen LogP contribution in [0.4, 0.5) is 0 Å². The van der Waals surface area contributed by atoms with Crippen LogP contribution in [0.1, 0.15) is 35.1 Å². The van der Waals surface area contributed by atoms with E-state index in [-0.39, 0.29) is 6.71 Å². The summed E-state index contributed by atoms with van der Waals surface area (Å²) in [5.74, 6) is 0. The summed E-state index contributed by atoms with van der Waals surface area (Å²) in [5.41, 5.74) is 10.9. The molecule has 0 bridgehead atoms. The molecule has 30 heavy (non-hydrogen) atoms. The predicted octanol–water partition coefficient (Wildman–Crippen LogP) is 3.65. The standard InChI is InChI=1S/C28H26B2/c1-19-14-16-21-8-3-5-12-25(21)27(19)30(24-11-7-10-23(29)18-24)28-20(2)15-17-22-9-4-6-13-26(22)28/h3,5,7-8,10-12,14-18H,4,6,9,13H2,1-2H3. The second-order valence-corrected chi connectivity index (χ2v) is 8.76. The van der Waals surface area contributed by atoms with Crippen LogP contribution >= 0.6 is 0 Å². The molecular weight excluding hydrogens is 358 g/mol. The van der Waals surface area contributed by atoms with E-state index in [0.717, 1.165) is 5.46 Å². The van der Waals surface area contributed by atoms with Crippen LogP contribution < -0.4 is 21.9 Å². The molecule has 0 saturated heterocycles. The highest BCUT2D eigenvalue weighted by atomic mass is 14.2. The van der Waals surface area contributed by atoms with E-state index in [1.165, 1.54) is 69.5 Å². The van der Waals surface area contributed by atoms with Crippen molar-refractivity contribution in [2.45, 2.75) is 39.5 Å². The Kier molecular flexibility index (Phi) is 5.03. The minimum absolute atomic E-state index is 0.188. The molecule has 0 N–H and O–H groups in total. The van der Waals surface area contributed by atoms with Gasteiger partial charge in [-0.3, -0.25) is 0 Å². The lowest BCUT2D eigenvalue weighted by Gasteiger charge is -2.28. The number of hydrogen-bond donors (Lipinski definition) is 0. The largest absolute Gasteiger partial charge is 0.243 e. The van der Waals surface area contributed by atoms with Crippen molar-refractivity contribution in [3.63, 3.8) is 0 Å². The summed E-state index contributed by atoms with van der Waals surface area (Å²) in [6, 6.07) is 26.5. The first kappa shape index (κ1) is 19.2. The van der Waals surface area contributed by atoms with Gasteiger partial charge in [-0.25, -0.2) is 0 Å². The van der Waals surface area contributed by atoms with Crippen LogP contribution in [0.25, 0.3) is 10.8 Å². The van der Waals surface area contributed by atoms with E-state index in [1.54, 1.807) is 5.56 Å². The Morgan fingerprint density at radius 3 is 2.37 bits per heavy atom. The van der Waals surface area contributed by atoms with Crippen LogP contribution in [-0.2, 0) is 12.8 Å². The van der Waals surface area contributed by atoms with Crippen molar-refractivity contribution in [2.24, 2.45) is 0 Å². The fraction of sp³-hybridized carbons (Fsp3) is 0.214. The lowest BCUT2D eigenvalue weighted by atomic mass is 9.33. The number of hydrogen-bond acceptors (Lipinski definition) is 0. The van der Waals surface area contributed by atoms with Crippen LogP contribution in [0.15, 0.2) is 72.8 Å². The van der Waals surface area contributed by atoms with Gasteiger partial charge in [0.1, 0.15) is 7.85 Å². The zero-order valence-corrected chi connectivity index (χ0v) is 17.9. The fourth-order valence-corrected chi connectivity index (χ4v) is 5.38. The van der Waals surface area contributed by atoms with Gasteiger partial charge >= 0.3 is 0 Å². The van der Waals surface area contributed by atoms with Gasteiger partial charge in [-0.1, -0.05) is 106 Å². The zero-order valence-electron chi connectivity index (χ0n) is 17.9. The first-order valence-corrected chi connectivity index (χ1v) is 11.1. The van der Waals surface area contributed by atoms with Gasteiger partial charge in [0.2, 0.25) is 6.71 Å². The Bertz CT molecular complexity index is 1240. The van der Waals surface area contributed by atoms with Crippen molar-refractivity contribution in [3.05, 3.63) is 95.1 Å². The van der Waals surface area contributed by atoms with E-state index in [0.29, 0.717) is 0 Å². The highest BCUT2D eigenvalue weighted by Gasteiger charge is 2.30. The molecule has 0 amide bonds. The zero-order chi connectivity index (χ0) is 20.7. The Hall–Kier alpha value is -2.73. The Morgan fingerprint density at radius 2 is 1.50 bits per heavy atom. The summed E-state index contributed by atoms with van der Waals surface area (Å²) < 4.78 is 0. The average molecular weight is 384 g/mol. The van der Waals surface area contributed by atoms with Crippen LogP contribution in [-0.4, -0.2) is 14.6 Å². The molecule has 0 nitrogen and oxygen atoms in total. The molecule has 0 heterocycles. The maximum absolute atomic E-state index is 6.28. The summed E-state index contributed by atoms with van der Waals surface area (Å²) in [7, 11) is 6.28. The summed E-state index contributed by atoms with van der Waals surface area (Å²) >= 11 is 0. The molecule has 0 atom stereocenters. The van der Waals surface area contributed by atoms with Gasteiger partial charge < -0.3 is 0 Å². The maximum atomic E-state index is 6.28. The van der Waals surface area contributed by atoms with Gasteiger partial charge in [0, 0.05) is 0 Å². The highest BCUT2D eigenvalue weighted by molar-refractivity contribution is 6.97. The van der Waals surface area contributed by atoms with E-state index < -0.39 is 0 Å². The molecule has 144 valence electrons. The van der Waals surface area contributed by atoms with Gasteiger partial charge in [-0.2, -0.15) is 0 Å². The SMILES string of the molecule is [B]c1cccc(B(c2c(C)ccc3c2CCCC3)c2c(C)ccc3ccccc23)c1. The third kappa shape index (κ3) is 3.29. The Morgan fingerprint density at radius 1 is 0.733 bits per heavy atom. The van der Waals surface area contributed by atoms with Crippen LogP contribution in [0.2, 0.25) is 0 Å². The molecule has 0 aromatic heterocycles. The second-order valence-electron chi connectivity index (χ2n) is 8.76. The number of rotatable bonds is 3. The van der Waals surface area contributed by atoms with Gasteiger partial charge in [0.05, 0.1) is 0 Å². The maximum Gasteiger partial charge on any atom is 0.243 e. The molecule has 4 aromatic rings. The summed E-state index contributed by atoms with van der Waals surface area (Å²) in [5, 5.41) is 2.65. The van der Waals surface area contributed by atoms with E-state index in [9.17, 15) is 0 Å². The molecule has 1 aliphatic carbocycles. The van der Waals surface area contributed by atoms with Crippen molar-refractivity contribution in [3.8, 4) is 0 Å². The predicted molar refractivity (Wildman–Crippen MR) is 133 cm³/mol. The molecule has 0 aliphatic heterocycles. The smallest absolute Gasteiger partial charge is 0.0972 e. The van der Waals surface area contributed by atoms with Crippen LogP contribution in [0, 0.1) is 13.8 Å². The first-order valence-electron chi connectivity index (χ1n) is 11.1. The van der Waals surface area contributed by atoms with Gasteiger partial charge in [-0.05, 0) is 61.4 Å². The quantitative estimate of drug-likeness (QED) is 0.474. The number of benzene rings is 4. The van der Waals surface area contributed by atoms with E-state index in [4.69, 9.17) is 7.85 Å². The molecule has 0 saturated carbocycles. The molecule has 5 rings (SSSR count). The summed E-state index contributed by atoms with van der Waals surface area (Å²) in [6.07, 6.45) is 4.95. The normalized spacial score (nSPS) is 13.3. The van der Waals surface area contributed by atoms with E-state index in [1.807, 2.05) is 6.07 Å². The van der Waals surface area contributed by atoms with Gasteiger partial charge in [0.15, 0.2) is 0 Å². The van der Waals surface area contributed by atoms with Gasteiger partial charge in [-0.15, -0.1) is 0 Å². The topological polar surface area (TPSA) is 0 Å². The molecule has 0 unspecified atom stereocenters. The molecule has 1 aliphatic rings. The number of fused-ring (bicyclic) bond motifs is 2. The minimum Gasteiger partial charge on any atom is -0.0972 e. The summed E-state index contributed by atoms with van der Waals surface area (Å²) in [4.78, 5) is 0.